The summed E-state index contributed by atoms with van der Waals surface area (Å²) in [6.45, 7) is 4.97. The molecule has 0 aliphatic carbocycles. The van der Waals surface area contributed by atoms with Crippen LogP contribution >= 0.6 is 0 Å². The Morgan fingerprint density at radius 1 is 1.44 bits per heavy atom. The van der Waals surface area contributed by atoms with E-state index in [1.807, 2.05) is 6.08 Å². The first-order valence-corrected chi connectivity index (χ1v) is 5.59. The summed E-state index contributed by atoms with van der Waals surface area (Å²) in [6, 6.07) is 0. The molecule has 5 heteroatoms. The molecular weight excluding hydrogens is 230 g/mol. The molecule has 0 fully saturated rings. The van der Waals surface area contributed by atoms with E-state index in [1.165, 1.54) is 18.9 Å². The van der Waals surface area contributed by atoms with Crippen molar-refractivity contribution in [2.45, 2.75) is 26.2 Å². The number of rotatable bonds is 6. The fourth-order valence-electron chi connectivity index (χ4n) is 1.11. The van der Waals surface area contributed by atoms with E-state index in [4.69, 9.17) is 5.53 Å². The molecule has 0 heterocycles. The number of Topliss-reactive ketones (excluding diaryl/α,β-unsaturated/α-hetero) is 1. The molecule has 0 N–H and O–H groups in total. The standard InChI is InChI=1S/C13H17N3O2/c1-4-5-6-7-8-9-10-16(3)13(18)12(15-14)11(2)17/h4H,1,5-7,10H2,2-3H3. The zero-order chi connectivity index (χ0) is 14.0. The summed E-state index contributed by atoms with van der Waals surface area (Å²) >= 11 is 0. The monoisotopic (exact) mass is 247 g/mol. The molecule has 0 aromatic carbocycles. The lowest BCUT2D eigenvalue weighted by Crippen LogP contribution is -2.37. The van der Waals surface area contributed by atoms with Crippen molar-refractivity contribution in [2.75, 3.05) is 13.6 Å². The Morgan fingerprint density at radius 3 is 2.61 bits per heavy atom. The third kappa shape index (κ3) is 5.78. The Morgan fingerprint density at radius 2 is 2.11 bits per heavy atom. The SMILES string of the molecule is C=CCCCC#CCN(C)C(=O)C(=[N+]=[N-])C(C)=O. The summed E-state index contributed by atoms with van der Waals surface area (Å²) in [4.78, 5) is 26.5. The molecule has 0 spiro atoms. The highest BCUT2D eigenvalue weighted by Crippen LogP contribution is 1.93. The summed E-state index contributed by atoms with van der Waals surface area (Å²) in [5, 5.41) is 0. The first kappa shape index (κ1) is 15.8. The quantitative estimate of drug-likeness (QED) is 0.134. The van der Waals surface area contributed by atoms with Gasteiger partial charge in [-0.3, -0.25) is 9.59 Å². The molecule has 0 radical (unpaired) electrons. The van der Waals surface area contributed by atoms with Crippen LogP contribution in [0.2, 0.25) is 0 Å². The van der Waals surface area contributed by atoms with Crippen LogP contribution < -0.4 is 0 Å². The smallest absolute Gasteiger partial charge is 0.360 e. The number of carbonyl (C=O) groups is 2. The molecule has 0 rings (SSSR count). The predicted octanol–water partition coefficient (Wildman–Crippen LogP) is 1.06. The zero-order valence-corrected chi connectivity index (χ0v) is 10.8. The Labute approximate surface area is 107 Å². The van der Waals surface area contributed by atoms with Gasteiger partial charge in [-0.25, -0.2) is 0 Å². The van der Waals surface area contributed by atoms with Crippen molar-refractivity contribution in [3.8, 4) is 11.8 Å². The molecule has 0 atom stereocenters. The minimum atomic E-state index is -0.634. The second-order valence-corrected chi connectivity index (χ2v) is 3.70. The highest BCUT2D eigenvalue weighted by Gasteiger charge is 2.28. The molecule has 1 amide bonds. The third-order valence-electron chi connectivity index (χ3n) is 2.13. The summed E-state index contributed by atoms with van der Waals surface area (Å²) < 4.78 is 0. The Hall–Kier alpha value is -2.18. The predicted molar refractivity (Wildman–Crippen MR) is 68.8 cm³/mol. The van der Waals surface area contributed by atoms with Crippen LogP contribution in [0.25, 0.3) is 5.53 Å². The fourth-order valence-corrected chi connectivity index (χ4v) is 1.11. The summed E-state index contributed by atoms with van der Waals surface area (Å²) in [7, 11) is 1.49. The van der Waals surface area contributed by atoms with Crippen molar-refractivity contribution in [1.82, 2.24) is 4.90 Å². The van der Waals surface area contributed by atoms with E-state index in [0.29, 0.717) is 0 Å². The average Bonchev–Trinajstić information content (AvgIpc) is 2.33. The van der Waals surface area contributed by atoms with E-state index in [0.717, 1.165) is 19.3 Å². The molecule has 0 saturated heterocycles. The van der Waals surface area contributed by atoms with E-state index in [-0.39, 0.29) is 6.54 Å². The first-order valence-electron chi connectivity index (χ1n) is 5.59. The maximum atomic E-state index is 11.6. The summed E-state index contributed by atoms with van der Waals surface area (Å²) in [6.07, 6.45) is 4.41. The second kappa shape index (κ2) is 8.91. The van der Waals surface area contributed by atoms with Crippen LogP contribution in [0.3, 0.4) is 0 Å². The van der Waals surface area contributed by atoms with Gasteiger partial charge in [0.15, 0.2) is 0 Å². The van der Waals surface area contributed by atoms with E-state index >= 15 is 0 Å². The maximum absolute atomic E-state index is 11.6. The minimum absolute atomic E-state index is 0.194. The van der Waals surface area contributed by atoms with Crippen LogP contribution in [0.4, 0.5) is 0 Å². The Kier molecular flexibility index (Phi) is 7.83. The zero-order valence-electron chi connectivity index (χ0n) is 10.8. The molecular formula is C13H17N3O2. The van der Waals surface area contributed by atoms with E-state index in [9.17, 15) is 9.59 Å². The lowest BCUT2D eigenvalue weighted by Gasteiger charge is -2.09. The lowest BCUT2D eigenvalue weighted by atomic mass is 10.2. The van der Waals surface area contributed by atoms with Gasteiger partial charge in [-0.15, -0.1) is 12.5 Å². The molecule has 0 saturated carbocycles. The lowest BCUT2D eigenvalue weighted by molar-refractivity contribution is -0.130. The second-order valence-electron chi connectivity index (χ2n) is 3.70. The molecule has 0 aromatic heterocycles. The van der Waals surface area contributed by atoms with Gasteiger partial charge in [-0.2, -0.15) is 4.79 Å². The van der Waals surface area contributed by atoms with Crippen LogP contribution in [0.15, 0.2) is 12.7 Å². The Bertz CT molecular complexity index is 437. The fraction of sp³-hybridized carbons (Fsp3) is 0.462. The van der Waals surface area contributed by atoms with E-state index in [1.54, 1.807) is 0 Å². The van der Waals surface area contributed by atoms with Crippen molar-refractivity contribution in [3.05, 3.63) is 18.2 Å². The highest BCUT2D eigenvalue weighted by atomic mass is 16.2. The van der Waals surface area contributed by atoms with Gasteiger partial charge in [-0.1, -0.05) is 12.0 Å². The van der Waals surface area contributed by atoms with Crippen molar-refractivity contribution in [3.63, 3.8) is 0 Å². The van der Waals surface area contributed by atoms with Crippen molar-refractivity contribution >= 4 is 17.4 Å². The van der Waals surface area contributed by atoms with Gasteiger partial charge in [0, 0.05) is 20.4 Å². The number of nitrogens with zero attached hydrogens (tertiary/aromatic N) is 3. The Balaban J connectivity index is 4.28. The number of hydrogen-bond acceptors (Lipinski definition) is 2. The van der Waals surface area contributed by atoms with Crippen LogP contribution in [0.5, 0.6) is 0 Å². The molecule has 96 valence electrons. The summed E-state index contributed by atoms with van der Waals surface area (Å²) in [5.41, 5.74) is 8.08. The number of hydrogen-bond donors (Lipinski definition) is 0. The normalized spacial score (nSPS) is 8.56. The van der Waals surface area contributed by atoms with Crippen molar-refractivity contribution in [1.29, 1.82) is 0 Å². The molecule has 0 aromatic rings. The molecule has 0 aliphatic rings. The van der Waals surface area contributed by atoms with Gasteiger partial charge in [-0.05, 0) is 12.8 Å². The molecule has 0 aliphatic heterocycles. The topological polar surface area (TPSA) is 73.8 Å². The first-order chi connectivity index (χ1) is 8.54. The van der Waals surface area contributed by atoms with Crippen molar-refractivity contribution < 1.29 is 14.4 Å². The minimum Gasteiger partial charge on any atom is -0.360 e. The van der Waals surface area contributed by atoms with Gasteiger partial charge in [0.25, 0.3) is 0 Å². The maximum Gasteiger partial charge on any atom is 0.421 e. The molecule has 0 unspecified atom stereocenters. The number of unbranched alkanes of at least 4 members (excludes halogenated alkanes) is 2. The largest absolute Gasteiger partial charge is 0.421 e. The third-order valence-corrected chi connectivity index (χ3v) is 2.13. The van der Waals surface area contributed by atoms with Crippen LogP contribution in [-0.2, 0) is 9.59 Å². The van der Waals surface area contributed by atoms with Crippen LogP contribution in [0, 0.1) is 11.8 Å². The van der Waals surface area contributed by atoms with Crippen LogP contribution in [0.1, 0.15) is 26.2 Å². The summed E-state index contributed by atoms with van der Waals surface area (Å²) in [5.74, 6) is 4.52. The van der Waals surface area contributed by atoms with E-state index < -0.39 is 17.4 Å². The van der Waals surface area contributed by atoms with Gasteiger partial charge in [0.05, 0.1) is 6.54 Å². The van der Waals surface area contributed by atoms with Crippen LogP contribution in [-0.4, -0.2) is 40.7 Å². The van der Waals surface area contributed by atoms with E-state index in [2.05, 4.69) is 23.2 Å². The average molecular weight is 247 g/mol. The number of allylic oxidation sites excluding steroid dienone is 1. The van der Waals surface area contributed by atoms with Crippen molar-refractivity contribution in [2.24, 2.45) is 0 Å². The van der Waals surface area contributed by atoms with Gasteiger partial charge >= 0.3 is 11.6 Å². The van der Waals surface area contributed by atoms with Gasteiger partial charge in [0.1, 0.15) is 0 Å². The molecule has 5 nitrogen and oxygen atoms in total. The highest BCUT2D eigenvalue weighted by molar-refractivity contribution is 6.63. The van der Waals surface area contributed by atoms with Gasteiger partial charge in [0.2, 0.25) is 5.78 Å². The number of amides is 1. The molecule has 0 bridgehead atoms. The van der Waals surface area contributed by atoms with Gasteiger partial charge < -0.3 is 10.4 Å². The number of carbonyl (C=O) groups excluding carboxylic acids is 2. The number of ketones is 1. The molecule has 18 heavy (non-hydrogen) atoms.